The van der Waals surface area contributed by atoms with Crippen LogP contribution in [0.15, 0.2) is 66.7 Å². The van der Waals surface area contributed by atoms with Crippen molar-refractivity contribution >= 4 is 27.8 Å². The second kappa shape index (κ2) is 4.90. The lowest BCUT2D eigenvalue weighted by molar-refractivity contribution is 1.43. The highest BCUT2D eigenvalue weighted by atomic mass is 15.4. The molecule has 3 aromatic carbocycles. The van der Waals surface area contributed by atoms with Gasteiger partial charge in [-0.15, -0.1) is 0 Å². The van der Waals surface area contributed by atoms with Gasteiger partial charge in [0, 0.05) is 16.5 Å². The molecule has 0 saturated heterocycles. The number of benzene rings is 3. The zero-order chi connectivity index (χ0) is 13.1. The minimum Gasteiger partial charge on any atom is -0.398 e. The molecule has 3 aromatic rings. The van der Waals surface area contributed by atoms with Crippen LogP contribution in [0.25, 0.3) is 10.8 Å². The van der Waals surface area contributed by atoms with Crippen LogP contribution in [-0.2, 0) is 0 Å². The van der Waals surface area contributed by atoms with Crippen molar-refractivity contribution in [3.05, 3.63) is 66.7 Å². The van der Waals surface area contributed by atoms with E-state index in [1.165, 1.54) is 0 Å². The number of hydrazine groups is 1. The summed E-state index contributed by atoms with van der Waals surface area (Å²) in [6.45, 7) is 0. The van der Waals surface area contributed by atoms with E-state index in [0.29, 0.717) is 0 Å². The van der Waals surface area contributed by atoms with Gasteiger partial charge in [0.2, 0.25) is 0 Å². The van der Waals surface area contributed by atoms with Gasteiger partial charge in [-0.3, -0.25) is 0 Å². The van der Waals surface area contributed by atoms with Gasteiger partial charge in [-0.1, -0.05) is 42.5 Å². The largest absolute Gasteiger partial charge is 0.398 e. The number of nitrogens with two attached hydrogens (primary N) is 1. The number of fused-ring (bicyclic) bond motifs is 1. The molecular formula is C16H15N3. The summed E-state index contributed by atoms with van der Waals surface area (Å²) in [6.07, 6.45) is 0. The van der Waals surface area contributed by atoms with Crippen molar-refractivity contribution in [3.8, 4) is 0 Å². The van der Waals surface area contributed by atoms with Gasteiger partial charge in [-0.2, -0.15) is 0 Å². The van der Waals surface area contributed by atoms with Crippen molar-refractivity contribution in [2.45, 2.75) is 0 Å². The normalized spacial score (nSPS) is 10.3. The summed E-state index contributed by atoms with van der Waals surface area (Å²) in [5.74, 6) is 0. The molecular weight excluding hydrogens is 234 g/mol. The van der Waals surface area contributed by atoms with Crippen molar-refractivity contribution < 1.29 is 0 Å². The maximum absolute atomic E-state index is 5.98. The Morgan fingerprint density at radius 3 is 2.11 bits per heavy atom. The maximum atomic E-state index is 5.98. The van der Waals surface area contributed by atoms with E-state index in [0.717, 1.165) is 27.8 Å². The molecule has 0 aliphatic carbocycles. The van der Waals surface area contributed by atoms with E-state index < -0.39 is 0 Å². The van der Waals surface area contributed by atoms with E-state index in [2.05, 4.69) is 16.9 Å². The van der Waals surface area contributed by atoms with E-state index >= 15 is 0 Å². The molecule has 0 radical (unpaired) electrons. The standard InChI is InChI=1S/C16H15N3/c17-15-10-11-16(14-9-5-4-8-13(14)15)19-18-12-6-2-1-3-7-12/h1-11,18-19H,17H2. The van der Waals surface area contributed by atoms with Crippen molar-refractivity contribution in [3.63, 3.8) is 0 Å². The molecule has 0 atom stereocenters. The van der Waals surface area contributed by atoms with E-state index in [4.69, 9.17) is 5.73 Å². The highest BCUT2D eigenvalue weighted by molar-refractivity contribution is 6.01. The fraction of sp³-hybridized carbons (Fsp3) is 0. The quantitative estimate of drug-likeness (QED) is 0.488. The van der Waals surface area contributed by atoms with Gasteiger partial charge in [-0.05, 0) is 24.3 Å². The average molecular weight is 249 g/mol. The molecule has 19 heavy (non-hydrogen) atoms. The summed E-state index contributed by atoms with van der Waals surface area (Å²) in [7, 11) is 0. The van der Waals surface area contributed by atoms with Gasteiger partial charge in [0.25, 0.3) is 0 Å². The van der Waals surface area contributed by atoms with Crippen LogP contribution in [0.1, 0.15) is 0 Å². The molecule has 0 unspecified atom stereocenters. The number of anilines is 3. The first kappa shape index (κ1) is 11.4. The van der Waals surface area contributed by atoms with Gasteiger partial charge in [0.1, 0.15) is 0 Å². The van der Waals surface area contributed by atoms with Crippen LogP contribution in [0, 0.1) is 0 Å². The van der Waals surface area contributed by atoms with Crippen LogP contribution in [0.2, 0.25) is 0 Å². The average Bonchev–Trinajstić information content (AvgIpc) is 2.48. The smallest absolute Gasteiger partial charge is 0.0619 e. The van der Waals surface area contributed by atoms with Crippen LogP contribution in [-0.4, -0.2) is 0 Å². The van der Waals surface area contributed by atoms with Crippen LogP contribution < -0.4 is 16.6 Å². The molecule has 3 rings (SSSR count). The van der Waals surface area contributed by atoms with E-state index in [1.54, 1.807) is 0 Å². The third-order valence-corrected chi connectivity index (χ3v) is 3.07. The Bertz CT molecular complexity index is 693. The number of para-hydroxylation sites is 1. The second-order valence-electron chi connectivity index (χ2n) is 4.36. The van der Waals surface area contributed by atoms with Crippen molar-refractivity contribution in [2.75, 3.05) is 16.6 Å². The molecule has 0 bridgehead atoms. The van der Waals surface area contributed by atoms with Crippen LogP contribution in [0.4, 0.5) is 17.1 Å². The van der Waals surface area contributed by atoms with E-state index in [-0.39, 0.29) is 0 Å². The number of hydrogen-bond acceptors (Lipinski definition) is 3. The summed E-state index contributed by atoms with van der Waals surface area (Å²) < 4.78 is 0. The molecule has 3 nitrogen and oxygen atoms in total. The molecule has 0 aliphatic heterocycles. The third-order valence-electron chi connectivity index (χ3n) is 3.07. The summed E-state index contributed by atoms with van der Waals surface area (Å²) in [5.41, 5.74) is 15.2. The molecule has 3 heteroatoms. The zero-order valence-electron chi connectivity index (χ0n) is 10.4. The Kier molecular flexibility index (Phi) is 2.94. The molecule has 0 fully saturated rings. The van der Waals surface area contributed by atoms with Gasteiger partial charge in [0.15, 0.2) is 0 Å². The second-order valence-corrected chi connectivity index (χ2v) is 4.36. The third kappa shape index (κ3) is 2.31. The summed E-state index contributed by atoms with van der Waals surface area (Å²) in [4.78, 5) is 0. The minimum atomic E-state index is 0.792. The predicted octanol–water partition coefficient (Wildman–Crippen LogP) is 3.86. The first-order valence-corrected chi connectivity index (χ1v) is 6.19. The molecule has 0 aromatic heterocycles. The number of nitrogens with one attached hydrogen (secondary N) is 2. The van der Waals surface area contributed by atoms with Gasteiger partial charge >= 0.3 is 0 Å². The summed E-state index contributed by atoms with van der Waals surface area (Å²) in [6, 6.07) is 22.0. The lowest BCUT2D eigenvalue weighted by Gasteiger charge is -2.13. The van der Waals surface area contributed by atoms with Gasteiger partial charge < -0.3 is 16.6 Å². The fourth-order valence-corrected chi connectivity index (χ4v) is 2.09. The summed E-state index contributed by atoms with van der Waals surface area (Å²) >= 11 is 0. The minimum absolute atomic E-state index is 0.792. The van der Waals surface area contributed by atoms with Crippen molar-refractivity contribution in [2.24, 2.45) is 0 Å². The highest BCUT2D eigenvalue weighted by Crippen LogP contribution is 2.28. The van der Waals surface area contributed by atoms with Crippen molar-refractivity contribution in [1.29, 1.82) is 0 Å². The van der Waals surface area contributed by atoms with Gasteiger partial charge in [-0.25, -0.2) is 0 Å². The Morgan fingerprint density at radius 2 is 1.32 bits per heavy atom. The lowest BCUT2D eigenvalue weighted by Crippen LogP contribution is -2.08. The zero-order valence-corrected chi connectivity index (χ0v) is 10.4. The molecule has 4 N–H and O–H groups in total. The Balaban J connectivity index is 1.91. The lowest BCUT2D eigenvalue weighted by atomic mass is 10.1. The molecule has 0 spiro atoms. The number of nitrogen functional groups attached to an aromatic ring is 1. The molecule has 0 aliphatic rings. The van der Waals surface area contributed by atoms with Crippen molar-refractivity contribution in [1.82, 2.24) is 0 Å². The fourth-order valence-electron chi connectivity index (χ4n) is 2.09. The van der Waals surface area contributed by atoms with Crippen LogP contribution >= 0.6 is 0 Å². The Labute approximate surface area is 112 Å². The highest BCUT2D eigenvalue weighted by Gasteiger charge is 2.02. The SMILES string of the molecule is Nc1ccc(NNc2ccccc2)c2ccccc12. The Morgan fingerprint density at radius 1 is 0.632 bits per heavy atom. The topological polar surface area (TPSA) is 50.1 Å². The predicted molar refractivity (Wildman–Crippen MR) is 82.0 cm³/mol. The first-order valence-electron chi connectivity index (χ1n) is 6.19. The van der Waals surface area contributed by atoms with E-state index in [9.17, 15) is 0 Å². The molecule has 94 valence electrons. The monoisotopic (exact) mass is 249 g/mol. The number of hydrogen-bond donors (Lipinski definition) is 3. The number of rotatable bonds is 3. The van der Waals surface area contributed by atoms with Crippen LogP contribution in [0.3, 0.4) is 0 Å². The first-order chi connectivity index (χ1) is 9.34. The molecule has 0 heterocycles. The molecule has 0 saturated carbocycles. The van der Waals surface area contributed by atoms with Crippen LogP contribution in [0.5, 0.6) is 0 Å². The van der Waals surface area contributed by atoms with E-state index in [1.807, 2.05) is 60.7 Å². The maximum Gasteiger partial charge on any atom is 0.0619 e. The molecule has 0 amide bonds. The van der Waals surface area contributed by atoms with Gasteiger partial charge in [0.05, 0.1) is 11.4 Å². The summed E-state index contributed by atoms with van der Waals surface area (Å²) in [5, 5.41) is 2.16. The Hall–Kier alpha value is -2.68.